The summed E-state index contributed by atoms with van der Waals surface area (Å²) in [6.07, 6.45) is 0. The Morgan fingerprint density at radius 1 is 1.46 bits per heavy atom. The van der Waals surface area contributed by atoms with Crippen LogP contribution in [0, 0.1) is 0 Å². The fourth-order valence-electron chi connectivity index (χ4n) is 0.879. The third-order valence-electron chi connectivity index (χ3n) is 1.51. The van der Waals surface area contributed by atoms with Crippen molar-refractivity contribution in [3.63, 3.8) is 0 Å². The third-order valence-corrected chi connectivity index (χ3v) is 2.17. The van der Waals surface area contributed by atoms with E-state index in [2.05, 4.69) is 15.9 Å². The maximum Gasteiger partial charge on any atom is 0.188 e. The van der Waals surface area contributed by atoms with E-state index in [1.807, 2.05) is 12.1 Å². The van der Waals surface area contributed by atoms with Crippen molar-refractivity contribution in [3.05, 3.63) is 28.2 Å². The van der Waals surface area contributed by atoms with Crippen molar-refractivity contribution in [1.82, 2.24) is 0 Å². The summed E-state index contributed by atoms with van der Waals surface area (Å²) in [5, 5.41) is 8.88. The van der Waals surface area contributed by atoms with Gasteiger partial charge in [-0.2, -0.15) is 0 Å². The van der Waals surface area contributed by atoms with Crippen molar-refractivity contribution >= 4 is 15.9 Å². The van der Waals surface area contributed by atoms with Crippen LogP contribution in [-0.4, -0.2) is 19.0 Å². The van der Waals surface area contributed by atoms with Gasteiger partial charge in [0.2, 0.25) is 0 Å². The number of hydrogen-bond acceptors (Lipinski definition) is 3. The SMILES string of the molecule is COCOc1cc(CO)ccc1Br. The molecule has 0 aromatic heterocycles. The molecule has 1 rings (SSSR count). The Kier molecular flexibility index (Phi) is 4.21. The molecule has 0 amide bonds. The predicted octanol–water partition coefficient (Wildman–Crippen LogP) is 1.92. The van der Waals surface area contributed by atoms with Gasteiger partial charge in [0.25, 0.3) is 0 Å². The van der Waals surface area contributed by atoms with Crippen molar-refractivity contribution in [2.75, 3.05) is 13.9 Å². The van der Waals surface area contributed by atoms with Crippen LogP contribution in [0.25, 0.3) is 0 Å². The largest absolute Gasteiger partial charge is 0.466 e. The van der Waals surface area contributed by atoms with E-state index in [0.29, 0.717) is 5.75 Å². The van der Waals surface area contributed by atoms with Crippen LogP contribution in [0.5, 0.6) is 5.75 Å². The van der Waals surface area contributed by atoms with E-state index in [-0.39, 0.29) is 13.4 Å². The van der Waals surface area contributed by atoms with E-state index >= 15 is 0 Å². The zero-order chi connectivity index (χ0) is 9.68. The summed E-state index contributed by atoms with van der Waals surface area (Å²) in [6.45, 7) is 0.212. The quantitative estimate of drug-likeness (QED) is 0.826. The number of methoxy groups -OCH3 is 1. The minimum Gasteiger partial charge on any atom is -0.466 e. The smallest absolute Gasteiger partial charge is 0.188 e. The normalized spacial score (nSPS) is 10.1. The molecule has 0 unspecified atom stereocenters. The number of benzene rings is 1. The first-order valence-corrected chi connectivity index (χ1v) is 4.58. The van der Waals surface area contributed by atoms with Gasteiger partial charge in [0.05, 0.1) is 11.1 Å². The summed E-state index contributed by atoms with van der Waals surface area (Å²) in [5.41, 5.74) is 0.814. The molecule has 0 fully saturated rings. The van der Waals surface area contributed by atoms with E-state index in [9.17, 15) is 0 Å². The van der Waals surface area contributed by atoms with E-state index in [0.717, 1.165) is 10.0 Å². The van der Waals surface area contributed by atoms with Crippen LogP contribution >= 0.6 is 15.9 Å². The van der Waals surface area contributed by atoms with Gasteiger partial charge >= 0.3 is 0 Å². The molecule has 0 aliphatic carbocycles. The average Bonchev–Trinajstić information content (AvgIpc) is 2.17. The van der Waals surface area contributed by atoms with Gasteiger partial charge in [0.15, 0.2) is 6.79 Å². The summed E-state index contributed by atoms with van der Waals surface area (Å²) in [7, 11) is 1.56. The first-order chi connectivity index (χ1) is 6.27. The Morgan fingerprint density at radius 3 is 2.85 bits per heavy atom. The first-order valence-electron chi connectivity index (χ1n) is 3.79. The fraction of sp³-hybridized carbons (Fsp3) is 0.333. The van der Waals surface area contributed by atoms with Gasteiger partial charge in [-0.15, -0.1) is 0 Å². The number of halogens is 1. The lowest BCUT2D eigenvalue weighted by atomic mass is 10.2. The average molecular weight is 247 g/mol. The second-order valence-corrected chi connectivity index (χ2v) is 3.33. The number of ether oxygens (including phenoxy) is 2. The zero-order valence-electron chi connectivity index (χ0n) is 7.29. The molecule has 0 heterocycles. The number of hydrogen-bond donors (Lipinski definition) is 1. The second kappa shape index (κ2) is 5.21. The molecule has 0 saturated carbocycles. The lowest BCUT2D eigenvalue weighted by Crippen LogP contribution is -2.00. The molecule has 0 aliphatic rings. The summed E-state index contributed by atoms with van der Waals surface area (Å²) < 4.78 is 10.9. The lowest BCUT2D eigenvalue weighted by Gasteiger charge is -2.07. The van der Waals surface area contributed by atoms with Crippen LogP contribution in [0.3, 0.4) is 0 Å². The fourth-order valence-corrected chi connectivity index (χ4v) is 1.24. The molecular formula is C9H11BrO3. The molecule has 0 aliphatic heterocycles. The maximum absolute atomic E-state index is 8.88. The van der Waals surface area contributed by atoms with E-state index < -0.39 is 0 Å². The first kappa shape index (κ1) is 10.5. The summed E-state index contributed by atoms with van der Waals surface area (Å²) in [5.74, 6) is 0.674. The highest BCUT2D eigenvalue weighted by atomic mass is 79.9. The molecule has 1 aromatic carbocycles. The van der Waals surface area contributed by atoms with Gasteiger partial charge in [-0.05, 0) is 33.6 Å². The molecule has 0 saturated heterocycles. The van der Waals surface area contributed by atoms with E-state index in [1.165, 1.54) is 0 Å². The molecular weight excluding hydrogens is 236 g/mol. The minimum absolute atomic E-state index is 0.0105. The predicted molar refractivity (Wildman–Crippen MR) is 52.6 cm³/mol. The Labute approximate surface area is 85.4 Å². The van der Waals surface area contributed by atoms with Crippen molar-refractivity contribution in [2.45, 2.75) is 6.61 Å². The van der Waals surface area contributed by atoms with Gasteiger partial charge in [-0.3, -0.25) is 0 Å². The molecule has 0 radical (unpaired) electrons. The number of rotatable bonds is 4. The molecule has 1 aromatic rings. The highest BCUT2D eigenvalue weighted by Gasteiger charge is 2.01. The maximum atomic E-state index is 8.88. The Hall–Kier alpha value is -0.580. The summed E-state index contributed by atoms with van der Waals surface area (Å²) in [4.78, 5) is 0. The molecule has 3 nitrogen and oxygen atoms in total. The Balaban J connectivity index is 2.78. The third kappa shape index (κ3) is 2.99. The molecule has 13 heavy (non-hydrogen) atoms. The second-order valence-electron chi connectivity index (χ2n) is 2.47. The van der Waals surface area contributed by atoms with E-state index in [1.54, 1.807) is 13.2 Å². The highest BCUT2D eigenvalue weighted by Crippen LogP contribution is 2.25. The Morgan fingerprint density at radius 2 is 2.23 bits per heavy atom. The minimum atomic E-state index is 0.0105. The topological polar surface area (TPSA) is 38.7 Å². The standard InChI is InChI=1S/C9H11BrO3/c1-12-6-13-9-4-7(5-11)2-3-8(9)10/h2-4,11H,5-6H2,1H3. The van der Waals surface area contributed by atoms with Crippen molar-refractivity contribution < 1.29 is 14.6 Å². The number of aliphatic hydroxyl groups is 1. The Bertz CT molecular complexity index is 276. The van der Waals surface area contributed by atoms with Crippen LogP contribution in [0.15, 0.2) is 22.7 Å². The van der Waals surface area contributed by atoms with Gasteiger partial charge in [0, 0.05) is 7.11 Å². The van der Waals surface area contributed by atoms with Crippen molar-refractivity contribution in [3.8, 4) is 5.75 Å². The van der Waals surface area contributed by atoms with Crippen LogP contribution in [0.1, 0.15) is 5.56 Å². The molecule has 72 valence electrons. The van der Waals surface area contributed by atoms with Crippen LogP contribution in [-0.2, 0) is 11.3 Å². The van der Waals surface area contributed by atoms with Gasteiger partial charge in [0.1, 0.15) is 5.75 Å². The summed E-state index contributed by atoms with van der Waals surface area (Å²) in [6, 6.07) is 5.42. The van der Waals surface area contributed by atoms with Gasteiger partial charge < -0.3 is 14.6 Å². The van der Waals surface area contributed by atoms with Crippen LogP contribution in [0.4, 0.5) is 0 Å². The van der Waals surface area contributed by atoms with Crippen LogP contribution < -0.4 is 4.74 Å². The van der Waals surface area contributed by atoms with Gasteiger partial charge in [-0.1, -0.05) is 6.07 Å². The monoisotopic (exact) mass is 246 g/mol. The summed E-state index contributed by atoms with van der Waals surface area (Å²) >= 11 is 3.33. The molecule has 0 atom stereocenters. The molecule has 0 spiro atoms. The molecule has 4 heteroatoms. The van der Waals surface area contributed by atoms with Crippen molar-refractivity contribution in [1.29, 1.82) is 0 Å². The lowest BCUT2D eigenvalue weighted by molar-refractivity contribution is 0.0504. The molecule has 1 N–H and O–H groups in total. The van der Waals surface area contributed by atoms with Crippen molar-refractivity contribution in [2.24, 2.45) is 0 Å². The van der Waals surface area contributed by atoms with Crippen LogP contribution in [0.2, 0.25) is 0 Å². The zero-order valence-corrected chi connectivity index (χ0v) is 8.87. The molecule has 0 bridgehead atoms. The number of aliphatic hydroxyl groups excluding tert-OH is 1. The van der Waals surface area contributed by atoms with E-state index in [4.69, 9.17) is 14.6 Å². The van der Waals surface area contributed by atoms with Gasteiger partial charge in [-0.25, -0.2) is 0 Å². The highest BCUT2D eigenvalue weighted by molar-refractivity contribution is 9.10.